The van der Waals surface area contributed by atoms with Gasteiger partial charge in [-0.15, -0.1) is 0 Å². The Morgan fingerprint density at radius 1 is 1.12 bits per heavy atom. The number of rotatable bonds is 5. The van der Waals surface area contributed by atoms with E-state index in [1.807, 2.05) is 11.0 Å². The number of hydrogen-bond acceptors (Lipinski definition) is 6. The molecule has 1 aliphatic heterocycles. The van der Waals surface area contributed by atoms with Crippen molar-refractivity contribution in [1.82, 2.24) is 20.3 Å². The maximum atomic E-state index is 14.6. The molecule has 3 heterocycles. The molecule has 34 heavy (non-hydrogen) atoms. The number of anilines is 1. The Kier molecular flexibility index (Phi) is 5.53. The summed E-state index contributed by atoms with van der Waals surface area (Å²) in [4.78, 5) is 27.7. The number of pyridine rings is 1. The molecule has 0 radical (unpaired) electrons. The van der Waals surface area contributed by atoms with Crippen molar-refractivity contribution < 1.29 is 18.3 Å². The zero-order valence-corrected chi connectivity index (χ0v) is 18.5. The van der Waals surface area contributed by atoms with Gasteiger partial charge in [0.25, 0.3) is 0 Å². The minimum Gasteiger partial charge on any atom is -0.494 e. The van der Waals surface area contributed by atoms with E-state index in [2.05, 4.69) is 10.3 Å². The van der Waals surface area contributed by atoms with Gasteiger partial charge in [0.05, 0.1) is 13.0 Å². The Hall–Kier alpha value is -4.14. The molecule has 0 saturated carbocycles. The van der Waals surface area contributed by atoms with Crippen LogP contribution in [0.25, 0.3) is 33.4 Å². The Morgan fingerprint density at radius 3 is 2.62 bits per heavy atom. The number of amides is 1. The van der Waals surface area contributed by atoms with Crippen LogP contribution in [-0.4, -0.2) is 48.1 Å². The highest BCUT2D eigenvalue weighted by Gasteiger charge is 2.34. The number of carbonyl (C=O) groups is 1. The highest BCUT2D eigenvalue weighted by molar-refractivity contribution is 5.99. The highest BCUT2D eigenvalue weighted by atomic mass is 19.1. The van der Waals surface area contributed by atoms with Crippen LogP contribution in [0.1, 0.15) is 0 Å². The van der Waals surface area contributed by atoms with Gasteiger partial charge in [0, 0.05) is 55.1 Å². The number of nitrogens with one attached hydrogen (secondary N) is 1. The van der Waals surface area contributed by atoms with E-state index >= 15 is 0 Å². The molecule has 0 atom stereocenters. The summed E-state index contributed by atoms with van der Waals surface area (Å²) in [6, 6.07) is 10.5. The Bertz CT molecular complexity index is 1390. The number of hydrogen-bond donors (Lipinski definition) is 1. The van der Waals surface area contributed by atoms with E-state index < -0.39 is 11.6 Å². The summed E-state index contributed by atoms with van der Waals surface area (Å²) in [5.74, 6) is -0.0391. The quantitative estimate of drug-likeness (QED) is 0.487. The van der Waals surface area contributed by atoms with Crippen LogP contribution >= 0.6 is 0 Å². The Balaban J connectivity index is 1.71. The largest absolute Gasteiger partial charge is 0.494 e. The lowest BCUT2D eigenvalue weighted by Crippen LogP contribution is -2.53. The first-order valence-corrected chi connectivity index (χ1v) is 10.7. The van der Waals surface area contributed by atoms with Gasteiger partial charge < -0.3 is 15.0 Å². The third-order valence-corrected chi connectivity index (χ3v) is 5.93. The average Bonchev–Trinajstić information content (AvgIpc) is 2.82. The van der Waals surface area contributed by atoms with E-state index in [0.29, 0.717) is 46.9 Å². The topological polar surface area (TPSA) is 80.2 Å². The molecule has 5 rings (SSSR count). The first-order valence-electron chi connectivity index (χ1n) is 10.7. The van der Waals surface area contributed by atoms with E-state index in [4.69, 9.17) is 14.7 Å². The van der Waals surface area contributed by atoms with Crippen LogP contribution in [0.2, 0.25) is 0 Å². The molecule has 172 valence electrons. The lowest BCUT2D eigenvalue weighted by molar-refractivity contribution is -0.125. The summed E-state index contributed by atoms with van der Waals surface area (Å²) >= 11 is 0. The second kappa shape index (κ2) is 8.66. The lowest BCUT2D eigenvalue weighted by atomic mass is 9.97. The minimum atomic E-state index is -0.681. The predicted octanol–water partition coefficient (Wildman–Crippen LogP) is 3.83. The minimum absolute atomic E-state index is 0.0336. The van der Waals surface area contributed by atoms with Gasteiger partial charge in [0.1, 0.15) is 28.7 Å². The highest BCUT2D eigenvalue weighted by Crippen LogP contribution is 2.39. The van der Waals surface area contributed by atoms with E-state index in [0.717, 1.165) is 11.6 Å². The van der Waals surface area contributed by atoms with Gasteiger partial charge in [0.2, 0.25) is 5.91 Å². The molecule has 1 aliphatic rings. The maximum absolute atomic E-state index is 14.6. The van der Waals surface area contributed by atoms with Crippen LogP contribution in [0.4, 0.5) is 14.6 Å². The van der Waals surface area contributed by atoms with Crippen LogP contribution in [0, 0.1) is 17.6 Å². The molecular formula is C25H21F2N5O2. The fourth-order valence-corrected chi connectivity index (χ4v) is 4.11. The van der Waals surface area contributed by atoms with Crippen LogP contribution in [-0.2, 0) is 4.79 Å². The number of aromatic nitrogens is 3. The number of benzene rings is 2. The van der Waals surface area contributed by atoms with E-state index in [9.17, 15) is 13.6 Å². The molecule has 0 bridgehead atoms. The third-order valence-electron chi connectivity index (χ3n) is 5.93. The summed E-state index contributed by atoms with van der Waals surface area (Å²) < 4.78 is 33.7. The molecule has 2 aromatic carbocycles. The third kappa shape index (κ3) is 3.79. The predicted molar refractivity (Wildman–Crippen MR) is 124 cm³/mol. The zero-order valence-electron chi connectivity index (χ0n) is 18.5. The summed E-state index contributed by atoms with van der Waals surface area (Å²) in [5, 5.41) is 3.31. The molecule has 9 heteroatoms. The molecule has 1 saturated heterocycles. The van der Waals surface area contributed by atoms with Gasteiger partial charge in [-0.25, -0.2) is 18.7 Å². The standard InChI is InChI=1S/C25H21F2N5O2/c1-28-25(33)16-12-32(13-16)24-19-8-15(18-6-5-17(26)10-20(18)27)9-21(34-2)22(19)30-23(31-24)14-4-3-7-29-11-14/h3-11,16H,12-13H2,1-2H3,(H,28,33). The van der Waals surface area contributed by atoms with Gasteiger partial charge in [0.15, 0.2) is 5.82 Å². The van der Waals surface area contributed by atoms with Crippen molar-refractivity contribution in [2.75, 3.05) is 32.1 Å². The first kappa shape index (κ1) is 21.7. The summed E-state index contributed by atoms with van der Waals surface area (Å²) in [7, 11) is 3.12. The number of carbonyl (C=O) groups excluding carboxylic acids is 1. The van der Waals surface area contributed by atoms with Gasteiger partial charge in [-0.3, -0.25) is 9.78 Å². The van der Waals surface area contributed by atoms with E-state index in [1.54, 1.807) is 37.6 Å². The van der Waals surface area contributed by atoms with Gasteiger partial charge in [-0.2, -0.15) is 0 Å². The smallest absolute Gasteiger partial charge is 0.226 e. The molecule has 7 nitrogen and oxygen atoms in total. The van der Waals surface area contributed by atoms with E-state index in [-0.39, 0.29) is 17.4 Å². The molecule has 1 fully saturated rings. The second-order valence-electron chi connectivity index (χ2n) is 8.03. The number of ether oxygens (including phenoxy) is 1. The van der Waals surface area contributed by atoms with Crippen LogP contribution in [0.5, 0.6) is 5.75 Å². The monoisotopic (exact) mass is 461 g/mol. The molecule has 0 spiro atoms. The number of methoxy groups -OCH3 is 1. The fraction of sp³-hybridized carbons (Fsp3) is 0.200. The van der Waals surface area contributed by atoms with Gasteiger partial charge in [-0.1, -0.05) is 0 Å². The number of fused-ring (bicyclic) bond motifs is 1. The summed E-state index contributed by atoms with van der Waals surface area (Å²) in [5.41, 5.74) is 2.01. The summed E-state index contributed by atoms with van der Waals surface area (Å²) in [6.45, 7) is 0.964. The molecule has 0 unspecified atom stereocenters. The molecule has 1 amide bonds. The van der Waals surface area contributed by atoms with Crippen LogP contribution in [0.15, 0.2) is 54.9 Å². The van der Waals surface area contributed by atoms with Crippen molar-refractivity contribution in [2.24, 2.45) is 5.92 Å². The van der Waals surface area contributed by atoms with Gasteiger partial charge in [-0.05, 0) is 42.0 Å². The average molecular weight is 461 g/mol. The van der Waals surface area contributed by atoms with Crippen molar-refractivity contribution in [3.63, 3.8) is 0 Å². The normalized spacial score (nSPS) is 13.6. The maximum Gasteiger partial charge on any atom is 0.226 e. The SMILES string of the molecule is CNC(=O)C1CN(c2nc(-c3cccnc3)nc3c(OC)cc(-c4ccc(F)cc4F)cc23)C1. The van der Waals surface area contributed by atoms with Crippen molar-refractivity contribution in [3.05, 3.63) is 66.5 Å². The zero-order chi connectivity index (χ0) is 23.8. The lowest BCUT2D eigenvalue weighted by Gasteiger charge is -2.39. The Morgan fingerprint density at radius 2 is 1.94 bits per heavy atom. The number of halogens is 2. The molecule has 0 aliphatic carbocycles. The van der Waals surface area contributed by atoms with E-state index in [1.165, 1.54) is 19.2 Å². The van der Waals surface area contributed by atoms with Crippen molar-refractivity contribution in [2.45, 2.75) is 0 Å². The first-order chi connectivity index (χ1) is 16.5. The summed E-state index contributed by atoms with van der Waals surface area (Å²) in [6.07, 6.45) is 3.34. The van der Waals surface area contributed by atoms with Crippen molar-refractivity contribution in [3.8, 4) is 28.3 Å². The molecular weight excluding hydrogens is 440 g/mol. The van der Waals surface area contributed by atoms with Gasteiger partial charge >= 0.3 is 0 Å². The van der Waals surface area contributed by atoms with Crippen molar-refractivity contribution >= 4 is 22.6 Å². The van der Waals surface area contributed by atoms with Crippen LogP contribution < -0.4 is 15.0 Å². The van der Waals surface area contributed by atoms with Crippen molar-refractivity contribution in [1.29, 1.82) is 0 Å². The molecule has 4 aromatic rings. The van der Waals surface area contributed by atoms with Crippen LogP contribution in [0.3, 0.4) is 0 Å². The molecule has 1 N–H and O–H groups in total. The fourth-order valence-electron chi connectivity index (χ4n) is 4.11. The Labute approximate surface area is 194 Å². The molecule has 2 aromatic heterocycles. The number of nitrogens with zero attached hydrogens (tertiary/aromatic N) is 4. The second-order valence-corrected chi connectivity index (χ2v) is 8.03.